The van der Waals surface area contributed by atoms with Crippen LogP contribution in [0.15, 0.2) is 4.99 Å². The van der Waals surface area contributed by atoms with Crippen LogP contribution in [0.1, 0.15) is 71.6 Å². The summed E-state index contributed by atoms with van der Waals surface area (Å²) in [7, 11) is 0. The minimum absolute atomic E-state index is 0.111. The van der Waals surface area contributed by atoms with Gasteiger partial charge in [0.25, 0.3) is 0 Å². The molecule has 5 atom stereocenters. The van der Waals surface area contributed by atoms with Gasteiger partial charge >= 0.3 is 5.97 Å². The summed E-state index contributed by atoms with van der Waals surface area (Å²) in [6.45, 7) is 4.23. The Hall–Kier alpha value is -4.03. The summed E-state index contributed by atoms with van der Waals surface area (Å²) in [4.78, 5) is 79.6. The number of aliphatic carboxylic acids is 1. The Balaban J connectivity index is 5.71. The lowest BCUT2D eigenvalue weighted by Crippen LogP contribution is -2.60. The first-order valence-electron chi connectivity index (χ1n) is 15.1. The van der Waals surface area contributed by atoms with Crippen molar-refractivity contribution in [2.45, 2.75) is 102 Å². The second-order valence-corrected chi connectivity index (χ2v) is 11.0. The van der Waals surface area contributed by atoms with Gasteiger partial charge in [-0.15, -0.1) is 0 Å². The summed E-state index contributed by atoms with van der Waals surface area (Å²) >= 11 is 0. The standard InChI is InChI=1S/C27H53N11O7/c1-15(2)21(38-24(42)19(14-20(31)39)37-22(40)16(30)8-7-13-34-27(32)33)25(43)35-17(9-3-5-11-28)23(41)36-18(26(44)45)10-4-6-12-29/h15-19,21H,3-14,28-30H2,1-2H3,(H2,31,39)(H,35,43)(H,36,41)(H,37,40)(H,38,42)(H,44,45)(H4,32,33,34)/t16-,17-,18-,19-,21-/m0/s1. The molecule has 0 rings (SSSR count). The molecule has 0 aromatic rings. The normalized spacial score (nSPS) is 14.3. The SMILES string of the molecule is CC(C)[C@H](NC(=O)[C@H](CC(N)=O)NC(=O)[C@@H](N)CCCN=C(N)N)C(=O)N[C@@H](CCCCN)C(=O)N[C@@H](CCCCN)C(=O)O. The fourth-order valence-corrected chi connectivity index (χ4v) is 4.17. The molecule has 17 N–H and O–H groups in total. The van der Waals surface area contributed by atoms with E-state index < -0.39 is 78.1 Å². The fourth-order valence-electron chi connectivity index (χ4n) is 4.17. The van der Waals surface area contributed by atoms with Gasteiger partial charge in [-0.05, 0) is 70.4 Å². The van der Waals surface area contributed by atoms with Crippen molar-refractivity contribution in [3.8, 4) is 0 Å². The minimum Gasteiger partial charge on any atom is -0.480 e. The van der Waals surface area contributed by atoms with E-state index in [9.17, 15) is 33.9 Å². The average Bonchev–Trinajstić information content (AvgIpc) is 2.95. The number of amides is 5. The van der Waals surface area contributed by atoms with Crippen LogP contribution in [0.3, 0.4) is 0 Å². The topological polar surface area (TPSA) is 339 Å². The molecule has 0 unspecified atom stereocenters. The molecule has 0 aliphatic rings. The van der Waals surface area contributed by atoms with Crippen LogP contribution in [-0.4, -0.2) is 96.4 Å². The molecule has 0 aliphatic heterocycles. The van der Waals surface area contributed by atoms with Crippen LogP contribution < -0.4 is 55.7 Å². The zero-order valence-corrected chi connectivity index (χ0v) is 26.3. The maximum absolute atomic E-state index is 13.4. The van der Waals surface area contributed by atoms with Gasteiger partial charge in [-0.25, -0.2) is 4.79 Å². The third-order valence-corrected chi connectivity index (χ3v) is 6.73. The number of guanidine groups is 1. The lowest BCUT2D eigenvalue weighted by Gasteiger charge is -2.28. The number of nitrogens with two attached hydrogens (primary N) is 6. The summed E-state index contributed by atoms with van der Waals surface area (Å²) in [6, 6.07) is -6.01. The highest BCUT2D eigenvalue weighted by atomic mass is 16.4. The van der Waals surface area contributed by atoms with Crippen LogP contribution in [-0.2, 0) is 28.8 Å². The maximum atomic E-state index is 13.4. The molecule has 0 aromatic carbocycles. The third-order valence-electron chi connectivity index (χ3n) is 6.73. The fraction of sp³-hybridized carbons (Fsp3) is 0.741. The molecule has 0 heterocycles. The van der Waals surface area contributed by atoms with Gasteiger partial charge in [0.1, 0.15) is 24.2 Å². The number of rotatable bonds is 24. The largest absolute Gasteiger partial charge is 0.480 e. The number of carbonyl (C=O) groups is 6. The Morgan fingerprint density at radius 3 is 1.67 bits per heavy atom. The Morgan fingerprint density at radius 2 is 1.18 bits per heavy atom. The van der Waals surface area contributed by atoms with Gasteiger partial charge in [0.05, 0.1) is 12.5 Å². The third kappa shape index (κ3) is 17.8. The second-order valence-electron chi connectivity index (χ2n) is 11.0. The van der Waals surface area contributed by atoms with Crippen molar-refractivity contribution < 1.29 is 33.9 Å². The molecule has 0 bridgehead atoms. The first kappa shape index (κ1) is 41.0. The number of carbonyl (C=O) groups excluding carboxylic acids is 5. The van der Waals surface area contributed by atoms with Gasteiger partial charge in [0, 0.05) is 6.54 Å². The monoisotopic (exact) mass is 643 g/mol. The Labute approximate surface area is 263 Å². The van der Waals surface area contributed by atoms with E-state index in [-0.39, 0.29) is 31.8 Å². The smallest absolute Gasteiger partial charge is 0.326 e. The number of nitrogens with one attached hydrogen (secondary N) is 4. The number of primary amides is 1. The molecule has 18 heteroatoms. The molecule has 45 heavy (non-hydrogen) atoms. The summed E-state index contributed by atoms with van der Waals surface area (Å²) in [5, 5.41) is 19.5. The number of aliphatic imine (C=N–C) groups is 1. The predicted molar refractivity (Wildman–Crippen MR) is 168 cm³/mol. The summed E-state index contributed by atoms with van der Waals surface area (Å²) < 4.78 is 0. The zero-order valence-electron chi connectivity index (χ0n) is 26.3. The van der Waals surface area contributed by atoms with Crippen LogP contribution in [0.2, 0.25) is 0 Å². The first-order valence-corrected chi connectivity index (χ1v) is 15.1. The molecule has 0 radical (unpaired) electrons. The average molecular weight is 644 g/mol. The number of hydrogen-bond acceptors (Lipinski definition) is 10. The van der Waals surface area contributed by atoms with Crippen molar-refractivity contribution in [2.75, 3.05) is 19.6 Å². The van der Waals surface area contributed by atoms with Gasteiger partial charge in [-0.2, -0.15) is 0 Å². The molecule has 0 saturated heterocycles. The number of carboxylic acids is 1. The highest BCUT2D eigenvalue weighted by Crippen LogP contribution is 2.09. The summed E-state index contributed by atoms with van der Waals surface area (Å²) in [6.07, 6.45) is 2.34. The van der Waals surface area contributed by atoms with Crippen molar-refractivity contribution in [3.63, 3.8) is 0 Å². The molecule has 0 fully saturated rings. The number of unbranched alkanes of at least 4 members (excludes halogenated alkanes) is 2. The Morgan fingerprint density at radius 1 is 0.667 bits per heavy atom. The van der Waals surface area contributed by atoms with Gasteiger partial charge in [0.15, 0.2) is 5.96 Å². The van der Waals surface area contributed by atoms with Crippen molar-refractivity contribution in [3.05, 3.63) is 0 Å². The Bertz CT molecular complexity index is 1010. The highest BCUT2D eigenvalue weighted by molar-refractivity contribution is 5.97. The van der Waals surface area contributed by atoms with Crippen molar-refractivity contribution >= 4 is 41.5 Å². The molecule has 0 aliphatic carbocycles. The van der Waals surface area contributed by atoms with Crippen LogP contribution >= 0.6 is 0 Å². The second kappa shape index (κ2) is 22.5. The van der Waals surface area contributed by atoms with E-state index in [0.29, 0.717) is 45.2 Å². The van der Waals surface area contributed by atoms with E-state index >= 15 is 0 Å². The van der Waals surface area contributed by atoms with Crippen molar-refractivity contribution in [1.29, 1.82) is 0 Å². The first-order chi connectivity index (χ1) is 21.1. The quantitative estimate of drug-likeness (QED) is 0.0274. The van der Waals surface area contributed by atoms with Crippen molar-refractivity contribution in [1.82, 2.24) is 21.3 Å². The van der Waals surface area contributed by atoms with E-state index in [1.54, 1.807) is 13.8 Å². The number of carboxylic acid groups (broad SMARTS) is 1. The molecular formula is C27H53N11O7. The summed E-state index contributed by atoms with van der Waals surface area (Å²) in [5.74, 6) is -5.79. The highest BCUT2D eigenvalue weighted by Gasteiger charge is 2.33. The van der Waals surface area contributed by atoms with Crippen molar-refractivity contribution in [2.24, 2.45) is 45.3 Å². The van der Waals surface area contributed by atoms with Crippen LogP contribution in [0.4, 0.5) is 0 Å². The molecule has 0 aromatic heterocycles. The van der Waals surface area contributed by atoms with Gasteiger partial charge in [-0.3, -0.25) is 29.0 Å². The van der Waals surface area contributed by atoms with Crippen LogP contribution in [0, 0.1) is 5.92 Å². The predicted octanol–water partition coefficient (Wildman–Crippen LogP) is -3.82. The zero-order chi connectivity index (χ0) is 34.5. The lowest BCUT2D eigenvalue weighted by atomic mass is 10.0. The maximum Gasteiger partial charge on any atom is 0.326 e. The van der Waals surface area contributed by atoms with Crippen LogP contribution in [0.25, 0.3) is 0 Å². The summed E-state index contributed by atoms with van der Waals surface area (Å²) in [5.41, 5.74) is 32.8. The Kier molecular flexibility index (Phi) is 20.5. The number of nitrogens with zero attached hydrogens (tertiary/aromatic N) is 1. The van der Waals surface area contributed by atoms with Gasteiger partial charge in [0.2, 0.25) is 29.5 Å². The molecule has 258 valence electrons. The molecule has 18 nitrogen and oxygen atoms in total. The van der Waals surface area contributed by atoms with E-state index in [2.05, 4.69) is 26.3 Å². The molecule has 0 spiro atoms. The van der Waals surface area contributed by atoms with Gasteiger partial charge < -0.3 is 60.8 Å². The van der Waals surface area contributed by atoms with E-state index in [1.807, 2.05) is 0 Å². The lowest BCUT2D eigenvalue weighted by molar-refractivity contribution is -0.142. The van der Waals surface area contributed by atoms with Crippen LogP contribution in [0.5, 0.6) is 0 Å². The number of hydrogen-bond donors (Lipinski definition) is 11. The van der Waals surface area contributed by atoms with E-state index in [4.69, 9.17) is 34.4 Å². The van der Waals surface area contributed by atoms with Gasteiger partial charge in [-0.1, -0.05) is 13.8 Å². The van der Waals surface area contributed by atoms with E-state index in [0.717, 1.165) is 0 Å². The minimum atomic E-state index is -1.44. The molecule has 5 amide bonds. The van der Waals surface area contributed by atoms with E-state index in [1.165, 1.54) is 0 Å². The molecule has 0 saturated carbocycles. The molecular weight excluding hydrogens is 590 g/mol.